The van der Waals surface area contributed by atoms with E-state index in [1.54, 1.807) is 0 Å². The van der Waals surface area contributed by atoms with E-state index < -0.39 is 0 Å². The average molecular weight is 248 g/mol. The first kappa shape index (κ1) is 12.2. The number of fused-ring (bicyclic) bond motifs is 2. The normalized spacial score (nSPS) is 38.2. The van der Waals surface area contributed by atoms with Crippen molar-refractivity contribution in [2.45, 2.75) is 44.2 Å². The fraction of sp³-hybridized carbons (Fsp3) is 0.600. The van der Waals surface area contributed by atoms with Gasteiger partial charge in [0.1, 0.15) is 0 Å². The molecule has 1 aromatic rings. The van der Waals surface area contributed by atoms with Crippen molar-refractivity contribution in [3.8, 4) is 0 Å². The lowest BCUT2D eigenvalue weighted by molar-refractivity contribution is -0.0954. The summed E-state index contributed by atoms with van der Waals surface area (Å²) < 4.78 is 11.9. The first-order chi connectivity index (χ1) is 8.75. The zero-order valence-corrected chi connectivity index (χ0v) is 10.7. The van der Waals surface area contributed by atoms with Gasteiger partial charge in [0.05, 0.1) is 31.0 Å². The van der Waals surface area contributed by atoms with Crippen molar-refractivity contribution in [1.29, 1.82) is 0 Å². The lowest BCUT2D eigenvalue weighted by Crippen LogP contribution is -2.37. The van der Waals surface area contributed by atoms with Crippen molar-refractivity contribution in [1.82, 2.24) is 0 Å². The molecule has 3 nitrogen and oxygen atoms in total. The van der Waals surface area contributed by atoms with Gasteiger partial charge in [0.15, 0.2) is 0 Å². The van der Waals surface area contributed by atoms with E-state index >= 15 is 0 Å². The van der Waals surface area contributed by atoms with Crippen LogP contribution in [0.4, 0.5) is 0 Å². The fourth-order valence-electron chi connectivity index (χ4n) is 3.30. The zero-order valence-electron chi connectivity index (χ0n) is 10.7. The van der Waals surface area contributed by atoms with Gasteiger partial charge in [-0.1, -0.05) is 37.3 Å². The third-order valence-corrected chi connectivity index (χ3v) is 4.39. The molecule has 0 radical (unpaired) electrons. The highest BCUT2D eigenvalue weighted by Crippen LogP contribution is 2.48. The number of rotatable bonds is 4. The van der Waals surface area contributed by atoms with E-state index in [2.05, 4.69) is 19.1 Å². The van der Waals surface area contributed by atoms with E-state index in [0.29, 0.717) is 19.6 Å². The van der Waals surface area contributed by atoms with Crippen LogP contribution in [0.25, 0.3) is 0 Å². The Balaban J connectivity index is 1.69. The Labute approximate surface area is 108 Å². The van der Waals surface area contributed by atoms with Crippen LogP contribution in [-0.2, 0) is 16.1 Å². The molecule has 98 valence electrons. The van der Waals surface area contributed by atoms with Gasteiger partial charge in [0, 0.05) is 12.3 Å². The van der Waals surface area contributed by atoms with Gasteiger partial charge in [-0.3, -0.25) is 0 Å². The molecule has 3 rings (SSSR count). The Bertz CT molecular complexity index is 405. The average Bonchev–Trinajstić information content (AvgIpc) is 2.89. The van der Waals surface area contributed by atoms with Crippen molar-refractivity contribution >= 4 is 0 Å². The molecule has 2 fully saturated rings. The predicted molar refractivity (Wildman–Crippen MR) is 68.1 cm³/mol. The van der Waals surface area contributed by atoms with Crippen LogP contribution in [0.3, 0.4) is 0 Å². The Kier molecular flexibility index (Phi) is 3.14. The molecule has 1 saturated carbocycles. The standard InChI is InChI=1S/C15H20O3/c1-2-15-8-13(16)12(10-18-15)14(15)17-9-11-6-4-3-5-7-11/h3-7,12-14,16H,2,8-10H2,1H3/t12-,13+,14+,15+/m1/s1. The second-order valence-corrected chi connectivity index (χ2v) is 5.38. The molecule has 4 atom stereocenters. The SMILES string of the molecule is CC[C@@]12C[C@H](O)[C@@H](CO1)[C@@H]2OCc1ccccc1. The number of hydrogen-bond donors (Lipinski definition) is 1. The summed E-state index contributed by atoms with van der Waals surface area (Å²) in [5.41, 5.74) is 0.920. The number of aliphatic hydroxyl groups excluding tert-OH is 1. The number of hydrogen-bond acceptors (Lipinski definition) is 3. The van der Waals surface area contributed by atoms with Crippen molar-refractivity contribution < 1.29 is 14.6 Å². The number of aliphatic hydroxyl groups is 1. The first-order valence-corrected chi connectivity index (χ1v) is 6.73. The monoisotopic (exact) mass is 248 g/mol. The Morgan fingerprint density at radius 2 is 2.17 bits per heavy atom. The van der Waals surface area contributed by atoms with Crippen molar-refractivity contribution in [3.05, 3.63) is 35.9 Å². The van der Waals surface area contributed by atoms with E-state index in [-0.39, 0.29) is 23.7 Å². The Hall–Kier alpha value is -0.900. The van der Waals surface area contributed by atoms with Crippen LogP contribution in [0, 0.1) is 5.92 Å². The molecule has 1 aliphatic heterocycles. The summed E-state index contributed by atoms with van der Waals surface area (Å²) in [6.07, 6.45) is 1.39. The largest absolute Gasteiger partial charge is 0.393 e. The topological polar surface area (TPSA) is 38.7 Å². The number of ether oxygens (including phenoxy) is 2. The third-order valence-electron chi connectivity index (χ3n) is 4.39. The lowest BCUT2D eigenvalue weighted by atomic mass is 9.96. The summed E-state index contributed by atoms with van der Waals surface area (Å²) in [5.74, 6) is 0.147. The summed E-state index contributed by atoms with van der Waals surface area (Å²) in [4.78, 5) is 0. The highest BCUT2D eigenvalue weighted by Gasteiger charge is 2.59. The van der Waals surface area contributed by atoms with Gasteiger partial charge >= 0.3 is 0 Å². The van der Waals surface area contributed by atoms with Crippen LogP contribution < -0.4 is 0 Å². The molecule has 1 aliphatic carbocycles. The zero-order chi connectivity index (χ0) is 12.6. The van der Waals surface area contributed by atoms with Crippen molar-refractivity contribution in [2.75, 3.05) is 6.61 Å². The van der Waals surface area contributed by atoms with Crippen LogP contribution in [-0.4, -0.2) is 29.5 Å². The second-order valence-electron chi connectivity index (χ2n) is 5.38. The maximum Gasteiger partial charge on any atom is 0.0969 e. The molecule has 0 spiro atoms. The van der Waals surface area contributed by atoms with Crippen LogP contribution in [0.2, 0.25) is 0 Å². The number of benzene rings is 1. The van der Waals surface area contributed by atoms with Gasteiger partial charge < -0.3 is 14.6 Å². The molecule has 1 aromatic carbocycles. The van der Waals surface area contributed by atoms with Crippen LogP contribution in [0.1, 0.15) is 25.3 Å². The summed E-state index contributed by atoms with van der Waals surface area (Å²) in [5, 5.41) is 10.0. The van der Waals surface area contributed by atoms with Gasteiger partial charge in [-0.2, -0.15) is 0 Å². The quantitative estimate of drug-likeness (QED) is 0.887. The van der Waals surface area contributed by atoms with Crippen LogP contribution in [0.5, 0.6) is 0 Å². The van der Waals surface area contributed by atoms with E-state index in [1.165, 1.54) is 5.56 Å². The molecule has 0 amide bonds. The maximum atomic E-state index is 10.0. The second kappa shape index (κ2) is 4.65. The molecule has 1 saturated heterocycles. The molecule has 18 heavy (non-hydrogen) atoms. The van der Waals surface area contributed by atoms with E-state index in [4.69, 9.17) is 9.47 Å². The molecule has 3 heteroatoms. The van der Waals surface area contributed by atoms with Gasteiger partial charge in [-0.15, -0.1) is 0 Å². The molecule has 1 heterocycles. The van der Waals surface area contributed by atoms with Crippen LogP contribution in [0.15, 0.2) is 30.3 Å². The van der Waals surface area contributed by atoms with Gasteiger partial charge in [0.2, 0.25) is 0 Å². The minimum absolute atomic E-state index is 0.0395. The minimum Gasteiger partial charge on any atom is -0.393 e. The molecule has 0 aromatic heterocycles. The van der Waals surface area contributed by atoms with Gasteiger partial charge in [-0.25, -0.2) is 0 Å². The summed E-state index contributed by atoms with van der Waals surface area (Å²) in [6, 6.07) is 10.2. The van der Waals surface area contributed by atoms with E-state index in [0.717, 1.165) is 6.42 Å². The van der Waals surface area contributed by atoms with Gasteiger partial charge in [0.25, 0.3) is 0 Å². The maximum absolute atomic E-state index is 10.0. The summed E-state index contributed by atoms with van der Waals surface area (Å²) >= 11 is 0. The smallest absolute Gasteiger partial charge is 0.0969 e. The predicted octanol–water partition coefficient (Wildman–Crippen LogP) is 2.13. The molecule has 2 aliphatic rings. The van der Waals surface area contributed by atoms with Crippen molar-refractivity contribution in [3.63, 3.8) is 0 Å². The lowest BCUT2D eigenvalue weighted by Gasteiger charge is -2.29. The highest BCUT2D eigenvalue weighted by molar-refractivity contribution is 5.14. The summed E-state index contributed by atoms with van der Waals surface area (Å²) in [6.45, 7) is 3.34. The van der Waals surface area contributed by atoms with Gasteiger partial charge in [-0.05, 0) is 12.0 Å². The molecule has 2 bridgehead atoms. The fourth-order valence-corrected chi connectivity index (χ4v) is 3.30. The highest BCUT2D eigenvalue weighted by atomic mass is 16.6. The molecule has 0 unspecified atom stereocenters. The molecular formula is C15H20O3. The Morgan fingerprint density at radius 3 is 2.83 bits per heavy atom. The van der Waals surface area contributed by atoms with E-state index in [9.17, 15) is 5.11 Å². The molecular weight excluding hydrogens is 228 g/mol. The third kappa shape index (κ3) is 1.87. The van der Waals surface area contributed by atoms with E-state index in [1.807, 2.05) is 18.2 Å². The first-order valence-electron chi connectivity index (χ1n) is 6.73. The summed E-state index contributed by atoms with van der Waals surface area (Å²) in [7, 11) is 0. The molecule has 1 N–H and O–H groups in total. The Morgan fingerprint density at radius 1 is 1.39 bits per heavy atom. The van der Waals surface area contributed by atoms with Crippen LogP contribution >= 0.6 is 0 Å². The van der Waals surface area contributed by atoms with Crippen molar-refractivity contribution in [2.24, 2.45) is 5.92 Å². The minimum atomic E-state index is -0.264.